The molecule has 37 heavy (non-hydrogen) atoms. The number of carbonyl (C=O) groups is 2. The molecule has 4 rings (SSSR count). The van der Waals surface area contributed by atoms with Gasteiger partial charge in [0.2, 0.25) is 5.91 Å². The zero-order valence-electron chi connectivity index (χ0n) is 21.3. The largest absolute Gasteiger partial charge is 0.497 e. The minimum atomic E-state index is -0.384. The number of carbonyl (C=O) groups excluding carboxylic acids is 2. The van der Waals surface area contributed by atoms with Crippen molar-refractivity contribution in [3.63, 3.8) is 0 Å². The van der Waals surface area contributed by atoms with Gasteiger partial charge in [0.05, 0.1) is 30.2 Å². The number of amidine groups is 1. The molecular weight excluding hydrogens is 510 g/mol. The lowest BCUT2D eigenvalue weighted by atomic mass is 9.95. The molecule has 0 bridgehead atoms. The highest BCUT2D eigenvalue weighted by Crippen LogP contribution is 2.36. The number of anilines is 1. The molecule has 2 aromatic carbocycles. The second-order valence-corrected chi connectivity index (χ2v) is 10.6. The minimum absolute atomic E-state index is 0.0187. The van der Waals surface area contributed by atoms with Gasteiger partial charge in [-0.2, -0.15) is 0 Å². The van der Waals surface area contributed by atoms with Crippen molar-refractivity contribution in [3.05, 3.63) is 58.7 Å². The Hall–Kier alpha value is -2.97. The number of nitrogens with one attached hydrogen (secondary N) is 1. The summed E-state index contributed by atoms with van der Waals surface area (Å²) in [6.07, 6.45) is 7.86. The van der Waals surface area contributed by atoms with E-state index in [0.717, 1.165) is 37.0 Å². The topological polar surface area (TPSA) is 80.2 Å². The van der Waals surface area contributed by atoms with Crippen molar-refractivity contribution in [2.45, 2.75) is 56.7 Å². The first-order valence-electron chi connectivity index (χ1n) is 12.5. The molecule has 2 amide bonds. The first-order valence-corrected chi connectivity index (χ1v) is 13.8. The van der Waals surface area contributed by atoms with Crippen molar-refractivity contribution in [1.29, 1.82) is 0 Å². The highest BCUT2D eigenvalue weighted by Gasteiger charge is 2.35. The number of benzene rings is 2. The Balaban J connectivity index is 1.63. The van der Waals surface area contributed by atoms with Crippen molar-refractivity contribution >= 4 is 52.1 Å². The molecule has 0 radical (unpaired) electrons. The molecule has 7 nitrogen and oxygen atoms in total. The van der Waals surface area contributed by atoms with Gasteiger partial charge >= 0.3 is 0 Å². The molecule has 0 spiro atoms. The van der Waals surface area contributed by atoms with Crippen LogP contribution in [0.5, 0.6) is 11.5 Å². The van der Waals surface area contributed by atoms with Gasteiger partial charge in [0, 0.05) is 6.04 Å². The zero-order valence-corrected chi connectivity index (χ0v) is 22.9. The average Bonchev–Trinajstić information content (AvgIpc) is 3.22. The van der Waals surface area contributed by atoms with E-state index in [9.17, 15) is 9.59 Å². The molecule has 1 unspecified atom stereocenters. The first-order chi connectivity index (χ1) is 17.9. The molecule has 1 aliphatic heterocycles. The maximum atomic E-state index is 13.6. The Labute approximate surface area is 227 Å². The van der Waals surface area contributed by atoms with Crippen LogP contribution in [-0.4, -0.2) is 42.5 Å². The van der Waals surface area contributed by atoms with Crippen LogP contribution in [0.1, 0.15) is 51.0 Å². The van der Waals surface area contributed by atoms with Crippen molar-refractivity contribution in [2.75, 3.05) is 19.1 Å². The summed E-state index contributed by atoms with van der Waals surface area (Å²) in [6.45, 7) is 1.97. The van der Waals surface area contributed by atoms with Crippen LogP contribution in [0.4, 0.5) is 5.69 Å². The number of methoxy groups -OCH3 is 2. The second kappa shape index (κ2) is 12.5. The average molecular weight is 542 g/mol. The summed E-state index contributed by atoms with van der Waals surface area (Å²) in [6, 6.07) is 12.7. The smallest absolute Gasteiger partial charge is 0.283 e. The van der Waals surface area contributed by atoms with E-state index in [1.807, 2.05) is 31.2 Å². The predicted molar refractivity (Wildman–Crippen MR) is 151 cm³/mol. The van der Waals surface area contributed by atoms with E-state index in [4.69, 9.17) is 21.1 Å². The van der Waals surface area contributed by atoms with Gasteiger partial charge in [0.1, 0.15) is 17.2 Å². The molecule has 2 aliphatic rings. The lowest BCUT2D eigenvalue weighted by Gasteiger charge is -2.26. The summed E-state index contributed by atoms with van der Waals surface area (Å²) < 4.78 is 10.5. The second-order valence-electron chi connectivity index (χ2n) is 9.01. The van der Waals surface area contributed by atoms with Gasteiger partial charge in [-0.3, -0.25) is 14.5 Å². The van der Waals surface area contributed by atoms with Crippen LogP contribution >= 0.6 is 23.4 Å². The van der Waals surface area contributed by atoms with E-state index in [1.165, 1.54) is 30.2 Å². The fraction of sp³-hybridized carbons (Fsp3) is 0.393. The van der Waals surface area contributed by atoms with Gasteiger partial charge in [0.25, 0.3) is 5.91 Å². The predicted octanol–water partition coefficient (Wildman–Crippen LogP) is 6.06. The van der Waals surface area contributed by atoms with Gasteiger partial charge in [-0.05, 0) is 61.2 Å². The summed E-state index contributed by atoms with van der Waals surface area (Å²) in [7, 11) is 3.14. The number of ether oxygens (including phenoxy) is 2. The Kier molecular flexibility index (Phi) is 9.16. The van der Waals surface area contributed by atoms with Crippen LogP contribution in [0.2, 0.25) is 5.02 Å². The highest BCUT2D eigenvalue weighted by molar-refractivity contribution is 8.15. The highest BCUT2D eigenvalue weighted by atomic mass is 35.5. The Morgan fingerprint density at radius 1 is 1.16 bits per heavy atom. The maximum absolute atomic E-state index is 13.6. The van der Waals surface area contributed by atoms with Crippen molar-refractivity contribution in [3.8, 4) is 11.5 Å². The number of rotatable bonds is 8. The molecule has 1 N–H and O–H groups in total. The van der Waals surface area contributed by atoms with Gasteiger partial charge in [0.15, 0.2) is 5.17 Å². The quantitative estimate of drug-likeness (QED) is 0.411. The molecule has 1 saturated carbocycles. The number of hydrogen-bond donors (Lipinski definition) is 1. The molecule has 196 valence electrons. The van der Waals surface area contributed by atoms with Crippen LogP contribution < -0.4 is 19.7 Å². The van der Waals surface area contributed by atoms with Crippen LogP contribution in [0, 0.1) is 0 Å². The van der Waals surface area contributed by atoms with E-state index >= 15 is 0 Å². The van der Waals surface area contributed by atoms with Crippen molar-refractivity contribution < 1.29 is 19.1 Å². The molecule has 0 aromatic heterocycles. The van der Waals surface area contributed by atoms with Gasteiger partial charge in [-0.25, -0.2) is 4.99 Å². The number of aliphatic imine (C=N–C) groups is 1. The van der Waals surface area contributed by atoms with Crippen LogP contribution in [-0.2, 0) is 9.59 Å². The Morgan fingerprint density at radius 2 is 1.89 bits per heavy atom. The van der Waals surface area contributed by atoms with E-state index in [1.54, 1.807) is 31.4 Å². The first kappa shape index (κ1) is 27.1. The molecule has 2 aromatic rings. The third-order valence-corrected chi connectivity index (χ3v) is 8.12. The summed E-state index contributed by atoms with van der Waals surface area (Å²) in [5.41, 5.74) is 1.65. The van der Waals surface area contributed by atoms with E-state index < -0.39 is 0 Å². The molecule has 1 fully saturated rings. The van der Waals surface area contributed by atoms with Crippen molar-refractivity contribution in [1.82, 2.24) is 5.32 Å². The fourth-order valence-corrected chi connectivity index (χ4v) is 5.74. The number of thioether (sulfide) groups is 1. The van der Waals surface area contributed by atoms with E-state index in [-0.39, 0.29) is 28.8 Å². The van der Waals surface area contributed by atoms with Crippen molar-refractivity contribution in [2.24, 2.45) is 4.99 Å². The molecule has 0 saturated heterocycles. The summed E-state index contributed by atoms with van der Waals surface area (Å²) in [4.78, 5) is 33.0. The number of hydrogen-bond acceptors (Lipinski definition) is 6. The number of amides is 2. The van der Waals surface area contributed by atoms with Crippen LogP contribution in [0.25, 0.3) is 6.08 Å². The normalized spacial score (nSPS) is 18.1. The molecule has 1 atom stereocenters. The van der Waals surface area contributed by atoms with Gasteiger partial charge in [-0.1, -0.05) is 61.7 Å². The Morgan fingerprint density at radius 3 is 2.51 bits per heavy atom. The zero-order chi connectivity index (χ0) is 26.4. The molecule has 9 heteroatoms. The lowest BCUT2D eigenvalue weighted by molar-refractivity contribution is -0.121. The number of halogens is 1. The Bertz CT molecular complexity index is 1190. The third kappa shape index (κ3) is 6.48. The fourth-order valence-electron chi connectivity index (χ4n) is 4.45. The van der Waals surface area contributed by atoms with E-state index in [0.29, 0.717) is 28.0 Å². The van der Waals surface area contributed by atoms with E-state index in [2.05, 4.69) is 10.3 Å². The van der Waals surface area contributed by atoms with Crippen LogP contribution in [0.15, 0.2) is 53.2 Å². The molecular formula is C28H32ClN3O4S. The molecule has 1 aliphatic carbocycles. The number of nitrogens with zero attached hydrogens (tertiary/aromatic N) is 2. The summed E-state index contributed by atoms with van der Waals surface area (Å²) in [5.74, 6) is 0.927. The summed E-state index contributed by atoms with van der Waals surface area (Å²) in [5, 5.41) is 3.65. The maximum Gasteiger partial charge on any atom is 0.283 e. The van der Waals surface area contributed by atoms with Crippen LogP contribution in [0.3, 0.4) is 0 Å². The minimum Gasteiger partial charge on any atom is -0.497 e. The van der Waals surface area contributed by atoms with Gasteiger partial charge < -0.3 is 14.8 Å². The third-order valence-electron chi connectivity index (χ3n) is 6.50. The van der Waals surface area contributed by atoms with Gasteiger partial charge in [-0.15, -0.1) is 0 Å². The monoisotopic (exact) mass is 541 g/mol. The standard InChI is InChI=1S/C28H32ClN3O4S/c1-4-25(26(33)30-19-8-6-5-7-9-19)37-28-31-23(16-18-10-13-21(35-2)14-11-18)27(34)32(28)20-12-15-24(36-3)22(29)17-20/h10-17,19,25H,4-9H2,1-3H3,(H,30,33). The lowest BCUT2D eigenvalue weighted by Crippen LogP contribution is -2.42. The summed E-state index contributed by atoms with van der Waals surface area (Å²) >= 11 is 7.69. The molecule has 1 heterocycles. The SMILES string of the molecule is CCC(SC1=NC(=Cc2ccc(OC)cc2)C(=O)N1c1ccc(OC)c(Cl)c1)C(=O)NC1CCCCC1.